The third-order valence-corrected chi connectivity index (χ3v) is 3.78. The SMILES string of the molecule is Cc1ccc(/C=C/C(=O)C2C(=O)c3ccccc3C2=O)cc1. The average molecular weight is 290 g/mol. The van der Waals surface area contributed by atoms with Gasteiger partial charge in [0.1, 0.15) is 5.92 Å². The Balaban J connectivity index is 1.83. The average Bonchev–Trinajstić information content (AvgIpc) is 2.79. The van der Waals surface area contributed by atoms with Gasteiger partial charge >= 0.3 is 0 Å². The molecule has 0 atom stereocenters. The minimum atomic E-state index is -1.22. The molecule has 0 saturated heterocycles. The standard InChI is InChI=1S/C19H14O3/c1-12-6-8-13(9-7-12)10-11-16(20)17-18(21)14-4-2-3-5-15(14)19(17)22/h2-11,17H,1H3/b11-10+. The number of hydrogen-bond acceptors (Lipinski definition) is 3. The van der Waals surface area contributed by atoms with E-state index in [-0.39, 0.29) is 0 Å². The van der Waals surface area contributed by atoms with Crippen molar-refractivity contribution in [1.82, 2.24) is 0 Å². The van der Waals surface area contributed by atoms with E-state index in [4.69, 9.17) is 0 Å². The van der Waals surface area contributed by atoms with Crippen LogP contribution in [0, 0.1) is 12.8 Å². The normalized spacial score (nSPS) is 14.6. The van der Waals surface area contributed by atoms with Crippen LogP contribution >= 0.6 is 0 Å². The van der Waals surface area contributed by atoms with Gasteiger partial charge in [-0.1, -0.05) is 60.2 Å². The molecule has 0 amide bonds. The summed E-state index contributed by atoms with van der Waals surface area (Å²) < 4.78 is 0. The number of carbonyl (C=O) groups excluding carboxylic acids is 3. The summed E-state index contributed by atoms with van der Waals surface area (Å²) in [4.78, 5) is 36.7. The smallest absolute Gasteiger partial charge is 0.182 e. The second-order valence-corrected chi connectivity index (χ2v) is 5.35. The number of fused-ring (bicyclic) bond motifs is 1. The molecule has 1 aliphatic carbocycles. The fourth-order valence-corrected chi connectivity index (χ4v) is 2.55. The molecular weight excluding hydrogens is 276 g/mol. The van der Waals surface area contributed by atoms with E-state index < -0.39 is 23.3 Å². The molecule has 0 fully saturated rings. The molecule has 0 N–H and O–H groups in total. The van der Waals surface area contributed by atoms with Crippen LogP contribution in [0.25, 0.3) is 6.08 Å². The minimum Gasteiger partial charge on any atom is -0.294 e. The fraction of sp³-hybridized carbons (Fsp3) is 0.105. The Kier molecular flexibility index (Phi) is 3.55. The van der Waals surface area contributed by atoms with Gasteiger partial charge in [-0.25, -0.2) is 0 Å². The molecule has 3 heteroatoms. The first-order valence-corrected chi connectivity index (χ1v) is 7.04. The number of rotatable bonds is 3. The molecule has 108 valence electrons. The Morgan fingerprint density at radius 1 is 0.909 bits per heavy atom. The number of ketones is 3. The predicted molar refractivity (Wildman–Crippen MR) is 83.8 cm³/mol. The summed E-state index contributed by atoms with van der Waals surface area (Å²) >= 11 is 0. The Morgan fingerprint density at radius 2 is 1.45 bits per heavy atom. The highest BCUT2D eigenvalue weighted by molar-refractivity contribution is 6.37. The van der Waals surface area contributed by atoms with Gasteiger partial charge in [0.2, 0.25) is 0 Å². The molecule has 0 spiro atoms. The van der Waals surface area contributed by atoms with Crippen molar-refractivity contribution in [1.29, 1.82) is 0 Å². The summed E-state index contributed by atoms with van der Waals surface area (Å²) in [5.41, 5.74) is 2.67. The van der Waals surface area contributed by atoms with E-state index in [2.05, 4.69) is 0 Å². The van der Waals surface area contributed by atoms with Gasteiger partial charge in [-0.15, -0.1) is 0 Å². The van der Waals surface area contributed by atoms with Gasteiger partial charge in [-0.2, -0.15) is 0 Å². The van der Waals surface area contributed by atoms with Crippen LogP contribution in [0.1, 0.15) is 31.8 Å². The van der Waals surface area contributed by atoms with Crippen molar-refractivity contribution >= 4 is 23.4 Å². The van der Waals surface area contributed by atoms with E-state index in [0.717, 1.165) is 11.1 Å². The minimum absolute atomic E-state index is 0.342. The van der Waals surface area contributed by atoms with Crippen LogP contribution in [0.3, 0.4) is 0 Å². The molecule has 0 radical (unpaired) electrons. The molecule has 0 heterocycles. The van der Waals surface area contributed by atoms with E-state index in [0.29, 0.717) is 11.1 Å². The zero-order chi connectivity index (χ0) is 15.7. The number of benzene rings is 2. The number of hydrogen-bond donors (Lipinski definition) is 0. The molecule has 0 saturated carbocycles. The van der Waals surface area contributed by atoms with Crippen LogP contribution in [0.2, 0.25) is 0 Å². The largest absolute Gasteiger partial charge is 0.294 e. The van der Waals surface area contributed by atoms with Crippen molar-refractivity contribution in [2.75, 3.05) is 0 Å². The summed E-state index contributed by atoms with van der Waals surface area (Å²) in [5.74, 6) is -2.50. The van der Waals surface area contributed by atoms with Gasteiger partial charge in [0, 0.05) is 11.1 Å². The van der Waals surface area contributed by atoms with E-state index in [1.807, 2.05) is 31.2 Å². The van der Waals surface area contributed by atoms with Gasteiger partial charge < -0.3 is 0 Å². The van der Waals surface area contributed by atoms with E-state index in [1.54, 1.807) is 30.3 Å². The first-order valence-electron chi connectivity index (χ1n) is 7.04. The molecule has 2 aromatic carbocycles. The maximum absolute atomic E-state index is 12.2. The van der Waals surface area contributed by atoms with Crippen LogP contribution in [0.5, 0.6) is 0 Å². The second kappa shape index (κ2) is 5.53. The number of Topliss-reactive ketones (excluding diaryl/α,β-unsaturated/α-hetero) is 2. The molecule has 0 unspecified atom stereocenters. The number of aryl methyl sites for hydroxylation is 1. The summed E-state index contributed by atoms with van der Waals surface area (Å²) in [6, 6.07) is 14.2. The van der Waals surface area contributed by atoms with E-state index >= 15 is 0 Å². The van der Waals surface area contributed by atoms with Crippen LogP contribution in [0.4, 0.5) is 0 Å². The second-order valence-electron chi connectivity index (χ2n) is 5.35. The maximum Gasteiger partial charge on any atom is 0.182 e. The molecule has 1 aliphatic rings. The van der Waals surface area contributed by atoms with Gasteiger partial charge in [-0.3, -0.25) is 14.4 Å². The van der Waals surface area contributed by atoms with Crippen molar-refractivity contribution in [3.63, 3.8) is 0 Å². The third kappa shape index (κ3) is 2.42. The summed E-state index contributed by atoms with van der Waals surface area (Å²) in [6.07, 6.45) is 2.95. The lowest BCUT2D eigenvalue weighted by Crippen LogP contribution is -2.23. The highest BCUT2D eigenvalue weighted by Crippen LogP contribution is 2.27. The van der Waals surface area contributed by atoms with E-state index in [1.165, 1.54) is 6.08 Å². The zero-order valence-corrected chi connectivity index (χ0v) is 12.1. The van der Waals surface area contributed by atoms with Gasteiger partial charge in [0.15, 0.2) is 17.3 Å². The van der Waals surface area contributed by atoms with Crippen molar-refractivity contribution in [2.24, 2.45) is 5.92 Å². The summed E-state index contributed by atoms with van der Waals surface area (Å²) in [5, 5.41) is 0. The van der Waals surface area contributed by atoms with Gasteiger partial charge in [0.05, 0.1) is 0 Å². The summed E-state index contributed by atoms with van der Waals surface area (Å²) in [6.45, 7) is 1.98. The lowest BCUT2D eigenvalue weighted by Gasteiger charge is -2.01. The topological polar surface area (TPSA) is 51.2 Å². The Morgan fingerprint density at radius 3 is 2.00 bits per heavy atom. The lowest BCUT2D eigenvalue weighted by atomic mass is 9.97. The number of allylic oxidation sites excluding steroid dienone is 1. The quantitative estimate of drug-likeness (QED) is 0.644. The van der Waals surface area contributed by atoms with Crippen LogP contribution in [-0.4, -0.2) is 17.3 Å². The molecule has 0 bridgehead atoms. The van der Waals surface area contributed by atoms with Crippen molar-refractivity contribution in [3.8, 4) is 0 Å². The Bertz CT molecular complexity index is 763. The van der Waals surface area contributed by atoms with Crippen LogP contribution < -0.4 is 0 Å². The number of carbonyl (C=O) groups is 3. The first kappa shape index (κ1) is 14.1. The molecule has 0 aromatic heterocycles. The Hall–Kier alpha value is -2.81. The zero-order valence-electron chi connectivity index (χ0n) is 12.1. The highest BCUT2D eigenvalue weighted by atomic mass is 16.2. The summed E-state index contributed by atoms with van der Waals surface area (Å²) in [7, 11) is 0. The van der Waals surface area contributed by atoms with Crippen LogP contribution in [0.15, 0.2) is 54.6 Å². The molecule has 3 nitrogen and oxygen atoms in total. The van der Waals surface area contributed by atoms with Crippen molar-refractivity contribution < 1.29 is 14.4 Å². The predicted octanol–water partition coefficient (Wildman–Crippen LogP) is 3.27. The molecule has 22 heavy (non-hydrogen) atoms. The maximum atomic E-state index is 12.2. The highest BCUT2D eigenvalue weighted by Gasteiger charge is 2.41. The molecule has 3 rings (SSSR count). The van der Waals surface area contributed by atoms with Gasteiger partial charge in [0.25, 0.3) is 0 Å². The monoisotopic (exact) mass is 290 g/mol. The fourth-order valence-electron chi connectivity index (χ4n) is 2.55. The molecule has 0 aliphatic heterocycles. The third-order valence-electron chi connectivity index (χ3n) is 3.78. The first-order chi connectivity index (χ1) is 10.6. The van der Waals surface area contributed by atoms with Crippen molar-refractivity contribution in [3.05, 3.63) is 76.9 Å². The lowest BCUT2D eigenvalue weighted by molar-refractivity contribution is -0.115. The van der Waals surface area contributed by atoms with E-state index in [9.17, 15) is 14.4 Å². The van der Waals surface area contributed by atoms with Crippen molar-refractivity contribution in [2.45, 2.75) is 6.92 Å². The Labute approximate surface area is 128 Å². The molecule has 2 aromatic rings. The van der Waals surface area contributed by atoms with Crippen LogP contribution in [-0.2, 0) is 4.79 Å². The van der Waals surface area contributed by atoms with Gasteiger partial charge in [-0.05, 0) is 18.6 Å². The molecular formula is C19H14O3.